The molecule has 1 aliphatic heterocycles. The van der Waals surface area contributed by atoms with Gasteiger partial charge in [0.15, 0.2) is 0 Å². The summed E-state index contributed by atoms with van der Waals surface area (Å²) in [4.78, 5) is 2.66. The van der Waals surface area contributed by atoms with Crippen molar-refractivity contribution in [3.63, 3.8) is 0 Å². The molecule has 1 N–H and O–H groups in total. The second-order valence-electron chi connectivity index (χ2n) is 6.47. The molecule has 1 unspecified atom stereocenters. The van der Waals surface area contributed by atoms with Crippen LogP contribution in [0.3, 0.4) is 0 Å². The Morgan fingerprint density at radius 1 is 1.11 bits per heavy atom. The molecule has 1 saturated heterocycles. The van der Waals surface area contributed by atoms with Crippen LogP contribution in [0.15, 0.2) is 0 Å². The van der Waals surface area contributed by atoms with Crippen molar-refractivity contribution >= 4 is 0 Å². The zero-order chi connectivity index (χ0) is 13.5. The van der Waals surface area contributed by atoms with Gasteiger partial charge in [-0.05, 0) is 63.8 Å². The van der Waals surface area contributed by atoms with Gasteiger partial charge in [0.1, 0.15) is 0 Å². The highest BCUT2D eigenvalue weighted by Crippen LogP contribution is 2.28. The Balaban J connectivity index is 1.81. The normalized spacial score (nSPS) is 32.1. The van der Waals surface area contributed by atoms with Gasteiger partial charge in [0.2, 0.25) is 0 Å². The van der Waals surface area contributed by atoms with Crippen LogP contribution < -0.4 is 0 Å². The van der Waals surface area contributed by atoms with E-state index in [4.69, 9.17) is 9.84 Å². The largest absolute Gasteiger partial charge is 0.396 e. The van der Waals surface area contributed by atoms with E-state index >= 15 is 0 Å². The maximum atomic E-state index is 8.97. The van der Waals surface area contributed by atoms with E-state index in [0.29, 0.717) is 12.7 Å². The Hall–Kier alpha value is -0.120. The molecule has 2 aliphatic rings. The molecule has 1 saturated carbocycles. The third-order valence-electron chi connectivity index (χ3n) is 4.82. The first-order valence-corrected chi connectivity index (χ1v) is 8.26. The lowest BCUT2D eigenvalue weighted by atomic mass is 9.86. The molecule has 0 aromatic rings. The summed E-state index contributed by atoms with van der Waals surface area (Å²) in [5.74, 6) is 0.915. The second-order valence-corrected chi connectivity index (χ2v) is 6.47. The summed E-state index contributed by atoms with van der Waals surface area (Å²) >= 11 is 0. The van der Waals surface area contributed by atoms with Gasteiger partial charge in [0, 0.05) is 25.8 Å². The SMILES string of the molecule is CC1CCC(N(CCCCO)CC2CCCO2)CC1. The fourth-order valence-electron chi connectivity index (χ4n) is 3.51. The van der Waals surface area contributed by atoms with Crippen molar-refractivity contribution in [3.8, 4) is 0 Å². The smallest absolute Gasteiger partial charge is 0.0702 e. The molecule has 0 amide bonds. The first-order valence-electron chi connectivity index (χ1n) is 8.26. The molecule has 0 aromatic carbocycles. The summed E-state index contributed by atoms with van der Waals surface area (Å²) in [5.41, 5.74) is 0. The minimum Gasteiger partial charge on any atom is -0.396 e. The Morgan fingerprint density at radius 2 is 1.89 bits per heavy atom. The van der Waals surface area contributed by atoms with Crippen molar-refractivity contribution in [1.29, 1.82) is 0 Å². The van der Waals surface area contributed by atoms with Crippen molar-refractivity contribution in [1.82, 2.24) is 4.90 Å². The monoisotopic (exact) mass is 269 g/mol. The summed E-state index contributed by atoms with van der Waals surface area (Å²) in [6.07, 6.45) is 10.5. The van der Waals surface area contributed by atoms with Crippen LogP contribution in [-0.4, -0.2) is 48.5 Å². The van der Waals surface area contributed by atoms with Gasteiger partial charge in [0.25, 0.3) is 0 Å². The zero-order valence-electron chi connectivity index (χ0n) is 12.5. The number of aliphatic hydroxyl groups excluding tert-OH is 1. The molecule has 2 rings (SSSR count). The van der Waals surface area contributed by atoms with E-state index < -0.39 is 0 Å². The molecule has 2 fully saturated rings. The van der Waals surface area contributed by atoms with Crippen molar-refractivity contribution in [3.05, 3.63) is 0 Å². The molecule has 3 heteroatoms. The number of ether oxygens (including phenoxy) is 1. The van der Waals surface area contributed by atoms with Crippen molar-refractivity contribution in [2.45, 2.75) is 70.4 Å². The molecule has 0 spiro atoms. The molecule has 112 valence electrons. The van der Waals surface area contributed by atoms with Crippen molar-refractivity contribution in [2.75, 3.05) is 26.3 Å². The molecule has 1 atom stereocenters. The highest BCUT2D eigenvalue weighted by molar-refractivity contribution is 4.81. The van der Waals surface area contributed by atoms with E-state index in [1.807, 2.05) is 0 Å². The van der Waals surface area contributed by atoms with E-state index in [1.165, 1.54) is 38.5 Å². The lowest BCUT2D eigenvalue weighted by Gasteiger charge is -2.37. The number of rotatable bonds is 7. The predicted octanol–water partition coefficient (Wildman–Crippen LogP) is 2.82. The van der Waals surface area contributed by atoms with Crippen LogP contribution in [0.1, 0.15) is 58.3 Å². The number of aliphatic hydroxyl groups is 1. The van der Waals surface area contributed by atoms with Crippen molar-refractivity contribution < 1.29 is 9.84 Å². The lowest BCUT2D eigenvalue weighted by molar-refractivity contribution is 0.0436. The molecule has 0 bridgehead atoms. The van der Waals surface area contributed by atoms with Gasteiger partial charge >= 0.3 is 0 Å². The summed E-state index contributed by atoms with van der Waals surface area (Å²) in [7, 11) is 0. The van der Waals surface area contributed by atoms with Gasteiger partial charge in [-0.15, -0.1) is 0 Å². The van der Waals surface area contributed by atoms with Crippen molar-refractivity contribution in [2.24, 2.45) is 5.92 Å². The zero-order valence-corrected chi connectivity index (χ0v) is 12.5. The topological polar surface area (TPSA) is 32.7 Å². The fourth-order valence-corrected chi connectivity index (χ4v) is 3.51. The molecule has 1 heterocycles. The predicted molar refractivity (Wildman–Crippen MR) is 78.3 cm³/mol. The molecule has 0 radical (unpaired) electrons. The molecule has 1 aliphatic carbocycles. The standard InChI is InChI=1S/C16H31NO2/c1-14-6-8-15(9-7-14)17(10-2-3-11-18)13-16-5-4-12-19-16/h14-16,18H,2-13H2,1H3. The van der Waals surface area contributed by atoms with Gasteiger partial charge in [-0.25, -0.2) is 0 Å². The number of nitrogens with zero attached hydrogens (tertiary/aromatic N) is 1. The Morgan fingerprint density at radius 3 is 2.53 bits per heavy atom. The Labute approximate surface area is 118 Å². The average molecular weight is 269 g/mol. The number of hydrogen-bond acceptors (Lipinski definition) is 3. The minimum absolute atomic E-state index is 0.329. The van der Waals surface area contributed by atoms with Gasteiger partial charge in [0.05, 0.1) is 6.10 Å². The summed E-state index contributed by atoms with van der Waals surface area (Å²) < 4.78 is 5.81. The third-order valence-corrected chi connectivity index (χ3v) is 4.82. The first-order chi connectivity index (χ1) is 9.29. The van der Waals surface area contributed by atoms with E-state index in [2.05, 4.69) is 11.8 Å². The van der Waals surface area contributed by atoms with Crippen LogP contribution in [-0.2, 0) is 4.74 Å². The lowest BCUT2D eigenvalue weighted by Crippen LogP contribution is -2.42. The highest BCUT2D eigenvalue weighted by Gasteiger charge is 2.27. The number of unbranched alkanes of at least 4 members (excludes halogenated alkanes) is 1. The Kier molecular flexibility index (Phi) is 6.62. The quantitative estimate of drug-likeness (QED) is 0.721. The van der Waals surface area contributed by atoms with E-state index in [0.717, 1.165) is 44.5 Å². The first kappa shape index (κ1) is 15.3. The molecule has 3 nitrogen and oxygen atoms in total. The maximum Gasteiger partial charge on any atom is 0.0702 e. The van der Waals surface area contributed by atoms with Gasteiger partial charge in [-0.1, -0.05) is 6.92 Å². The average Bonchev–Trinajstić information content (AvgIpc) is 2.92. The number of hydrogen-bond donors (Lipinski definition) is 1. The molecular formula is C16H31NO2. The van der Waals surface area contributed by atoms with E-state index in [1.54, 1.807) is 0 Å². The third kappa shape index (κ3) is 5.05. The maximum absolute atomic E-state index is 8.97. The minimum atomic E-state index is 0.329. The van der Waals surface area contributed by atoms with Crippen LogP contribution in [0.2, 0.25) is 0 Å². The molecular weight excluding hydrogens is 238 g/mol. The van der Waals surface area contributed by atoms with Crippen LogP contribution in [0.4, 0.5) is 0 Å². The van der Waals surface area contributed by atoms with Crippen LogP contribution in [0, 0.1) is 5.92 Å². The highest BCUT2D eigenvalue weighted by atomic mass is 16.5. The van der Waals surface area contributed by atoms with E-state index in [9.17, 15) is 0 Å². The van der Waals surface area contributed by atoms with Gasteiger partial charge in [-0.3, -0.25) is 4.90 Å². The summed E-state index contributed by atoms with van der Waals surface area (Å²) in [6, 6.07) is 0.763. The fraction of sp³-hybridized carbons (Fsp3) is 1.00. The Bertz CT molecular complexity index is 233. The van der Waals surface area contributed by atoms with Crippen LogP contribution in [0.25, 0.3) is 0 Å². The summed E-state index contributed by atoms with van der Waals surface area (Å²) in [5, 5.41) is 8.97. The van der Waals surface area contributed by atoms with Gasteiger partial charge < -0.3 is 9.84 Å². The summed E-state index contributed by atoms with van der Waals surface area (Å²) in [6.45, 7) is 5.92. The van der Waals surface area contributed by atoms with Crippen LogP contribution in [0.5, 0.6) is 0 Å². The van der Waals surface area contributed by atoms with Crippen LogP contribution >= 0.6 is 0 Å². The molecule has 0 aromatic heterocycles. The molecule has 19 heavy (non-hydrogen) atoms. The second kappa shape index (κ2) is 8.23. The van der Waals surface area contributed by atoms with E-state index in [-0.39, 0.29) is 0 Å². The van der Waals surface area contributed by atoms with Gasteiger partial charge in [-0.2, -0.15) is 0 Å².